The van der Waals surface area contributed by atoms with Gasteiger partial charge < -0.3 is 4.74 Å². The van der Waals surface area contributed by atoms with E-state index in [1.807, 2.05) is 36.4 Å². The van der Waals surface area contributed by atoms with Crippen molar-refractivity contribution in [2.45, 2.75) is 23.8 Å². The van der Waals surface area contributed by atoms with Gasteiger partial charge >= 0.3 is 0 Å². The number of sulfonamides is 1. The largest absolute Gasteiger partial charge is 0.492 e. The van der Waals surface area contributed by atoms with Crippen molar-refractivity contribution in [3.63, 3.8) is 0 Å². The highest BCUT2D eigenvalue weighted by molar-refractivity contribution is 7.89. The summed E-state index contributed by atoms with van der Waals surface area (Å²) in [5.74, 6) is 0.409. The van der Waals surface area contributed by atoms with Gasteiger partial charge in [0, 0.05) is 18.2 Å². The average Bonchev–Trinajstić information content (AvgIpc) is 2.81. The van der Waals surface area contributed by atoms with Gasteiger partial charge in [0.1, 0.15) is 18.2 Å². The van der Waals surface area contributed by atoms with Crippen molar-refractivity contribution in [1.82, 2.24) is 9.62 Å². The third-order valence-electron chi connectivity index (χ3n) is 5.67. The molecule has 1 aliphatic heterocycles. The van der Waals surface area contributed by atoms with Gasteiger partial charge in [-0.15, -0.1) is 0 Å². The first kappa shape index (κ1) is 22.5. The monoisotopic (exact) mass is 454 g/mol. The van der Waals surface area contributed by atoms with Crippen molar-refractivity contribution in [3.05, 3.63) is 84.7 Å². The number of nitrogens with one attached hydrogen (secondary N) is 1. The van der Waals surface area contributed by atoms with Crippen LogP contribution in [0.4, 0.5) is 4.39 Å². The van der Waals surface area contributed by atoms with Gasteiger partial charge in [-0.1, -0.05) is 48.5 Å². The molecule has 1 aliphatic rings. The van der Waals surface area contributed by atoms with Crippen molar-refractivity contribution >= 4 is 10.0 Å². The lowest BCUT2D eigenvalue weighted by Gasteiger charge is -2.32. The second-order valence-electron chi connectivity index (χ2n) is 7.90. The summed E-state index contributed by atoms with van der Waals surface area (Å²) in [7, 11) is -3.64. The van der Waals surface area contributed by atoms with E-state index in [0.717, 1.165) is 61.5 Å². The third kappa shape index (κ3) is 5.73. The summed E-state index contributed by atoms with van der Waals surface area (Å²) in [5, 5.41) is 0. The standard InChI is InChI=1S/C25H27FN2O3S/c26-21-10-12-23(13-11-21)32(29,30)27-22-14-16-28(17-15-22)18-19-31-25-9-5-4-8-24(25)20-6-2-1-3-7-20/h1-13,22,27H,14-19H2. The van der Waals surface area contributed by atoms with Crippen LogP contribution in [0.5, 0.6) is 5.75 Å². The second-order valence-corrected chi connectivity index (χ2v) is 9.62. The molecule has 0 unspecified atom stereocenters. The Balaban J connectivity index is 1.25. The Morgan fingerprint density at radius 1 is 0.906 bits per heavy atom. The molecule has 0 amide bonds. The van der Waals surface area contributed by atoms with E-state index in [9.17, 15) is 12.8 Å². The number of halogens is 1. The minimum Gasteiger partial charge on any atom is -0.492 e. The summed E-state index contributed by atoms with van der Waals surface area (Å²) in [6.07, 6.45) is 1.45. The summed E-state index contributed by atoms with van der Waals surface area (Å²) < 4.78 is 46.9. The Morgan fingerprint density at radius 3 is 2.28 bits per heavy atom. The fourth-order valence-corrected chi connectivity index (χ4v) is 5.21. The Morgan fingerprint density at radius 2 is 1.56 bits per heavy atom. The minimum absolute atomic E-state index is 0.0896. The van der Waals surface area contributed by atoms with E-state index in [1.165, 1.54) is 12.1 Å². The first-order valence-corrected chi connectivity index (χ1v) is 12.3. The summed E-state index contributed by atoms with van der Waals surface area (Å²) in [6, 6.07) is 23.0. The van der Waals surface area contributed by atoms with E-state index in [-0.39, 0.29) is 10.9 Å². The molecule has 1 N–H and O–H groups in total. The Kier molecular flexibility index (Phi) is 7.19. The van der Waals surface area contributed by atoms with Crippen LogP contribution in [0.3, 0.4) is 0 Å². The van der Waals surface area contributed by atoms with Gasteiger partial charge in [0.2, 0.25) is 10.0 Å². The fraction of sp³-hybridized carbons (Fsp3) is 0.280. The zero-order valence-electron chi connectivity index (χ0n) is 17.8. The summed E-state index contributed by atoms with van der Waals surface area (Å²) in [4.78, 5) is 2.38. The molecular weight excluding hydrogens is 427 g/mol. The Hall–Kier alpha value is -2.74. The van der Waals surface area contributed by atoms with Crippen LogP contribution in [-0.2, 0) is 10.0 Å². The van der Waals surface area contributed by atoms with Crippen LogP contribution >= 0.6 is 0 Å². The van der Waals surface area contributed by atoms with Crippen LogP contribution in [0, 0.1) is 5.82 Å². The Labute approximate surface area is 188 Å². The van der Waals surface area contributed by atoms with E-state index >= 15 is 0 Å². The molecule has 0 bridgehead atoms. The van der Waals surface area contributed by atoms with E-state index in [2.05, 4.69) is 27.8 Å². The number of para-hydroxylation sites is 1. The van der Waals surface area contributed by atoms with Crippen LogP contribution in [0.2, 0.25) is 0 Å². The van der Waals surface area contributed by atoms with Crippen LogP contribution in [0.25, 0.3) is 11.1 Å². The van der Waals surface area contributed by atoms with Gasteiger partial charge in [-0.3, -0.25) is 4.90 Å². The molecule has 1 saturated heterocycles. The van der Waals surface area contributed by atoms with Crippen molar-refractivity contribution in [1.29, 1.82) is 0 Å². The first-order valence-electron chi connectivity index (χ1n) is 10.8. The molecule has 1 heterocycles. The topological polar surface area (TPSA) is 58.6 Å². The molecule has 0 atom stereocenters. The average molecular weight is 455 g/mol. The number of ether oxygens (including phenoxy) is 1. The maximum absolute atomic E-state index is 13.1. The number of likely N-dealkylation sites (tertiary alicyclic amines) is 1. The molecule has 7 heteroatoms. The van der Waals surface area contributed by atoms with Gasteiger partial charge in [0.15, 0.2) is 0 Å². The predicted octanol–water partition coefficient (Wildman–Crippen LogP) is 4.31. The second kappa shape index (κ2) is 10.3. The molecule has 0 radical (unpaired) electrons. The lowest BCUT2D eigenvalue weighted by Crippen LogP contribution is -2.45. The minimum atomic E-state index is -3.64. The molecule has 5 nitrogen and oxygen atoms in total. The number of rotatable bonds is 8. The lowest BCUT2D eigenvalue weighted by molar-refractivity contribution is 0.171. The van der Waals surface area contributed by atoms with E-state index in [4.69, 9.17) is 4.74 Å². The fourth-order valence-electron chi connectivity index (χ4n) is 3.91. The van der Waals surface area contributed by atoms with Crippen molar-refractivity contribution in [2.24, 2.45) is 0 Å². The molecule has 0 saturated carbocycles. The predicted molar refractivity (Wildman–Crippen MR) is 124 cm³/mol. The van der Waals surface area contributed by atoms with E-state index in [0.29, 0.717) is 6.61 Å². The van der Waals surface area contributed by atoms with Crippen LogP contribution in [0.15, 0.2) is 83.8 Å². The van der Waals surface area contributed by atoms with Crippen molar-refractivity contribution < 1.29 is 17.5 Å². The summed E-state index contributed by atoms with van der Waals surface area (Å²) in [6.45, 7) is 2.93. The zero-order chi connectivity index (χ0) is 22.4. The van der Waals surface area contributed by atoms with Gasteiger partial charge in [0.05, 0.1) is 4.90 Å². The van der Waals surface area contributed by atoms with Crippen LogP contribution in [-0.4, -0.2) is 45.6 Å². The van der Waals surface area contributed by atoms with Crippen LogP contribution < -0.4 is 9.46 Å². The molecule has 0 aliphatic carbocycles. The maximum atomic E-state index is 13.1. The number of hydrogen-bond acceptors (Lipinski definition) is 4. The molecule has 1 fully saturated rings. The number of nitrogens with zero attached hydrogens (tertiary/aromatic N) is 1. The molecule has 0 aromatic heterocycles. The number of hydrogen-bond donors (Lipinski definition) is 1. The Bertz CT molecular complexity index is 1110. The van der Waals surface area contributed by atoms with E-state index in [1.54, 1.807) is 0 Å². The van der Waals surface area contributed by atoms with Crippen molar-refractivity contribution in [3.8, 4) is 16.9 Å². The molecule has 3 aromatic rings. The maximum Gasteiger partial charge on any atom is 0.240 e. The quantitative estimate of drug-likeness (QED) is 0.551. The van der Waals surface area contributed by atoms with Gasteiger partial charge in [-0.25, -0.2) is 17.5 Å². The molecule has 0 spiro atoms. The normalized spacial score (nSPS) is 15.5. The first-order chi connectivity index (χ1) is 15.5. The highest BCUT2D eigenvalue weighted by atomic mass is 32.2. The summed E-state index contributed by atoms with van der Waals surface area (Å²) >= 11 is 0. The zero-order valence-corrected chi connectivity index (χ0v) is 18.6. The molecule has 168 valence electrons. The molecule has 4 rings (SSSR count). The highest BCUT2D eigenvalue weighted by Gasteiger charge is 2.24. The third-order valence-corrected chi connectivity index (χ3v) is 7.21. The van der Waals surface area contributed by atoms with Crippen LogP contribution in [0.1, 0.15) is 12.8 Å². The van der Waals surface area contributed by atoms with Gasteiger partial charge in [-0.05, 0) is 61.8 Å². The van der Waals surface area contributed by atoms with Crippen molar-refractivity contribution in [2.75, 3.05) is 26.2 Å². The highest BCUT2D eigenvalue weighted by Crippen LogP contribution is 2.29. The summed E-state index contributed by atoms with van der Waals surface area (Å²) in [5.41, 5.74) is 2.19. The molecule has 3 aromatic carbocycles. The molecular formula is C25H27FN2O3S. The molecule has 32 heavy (non-hydrogen) atoms. The number of piperidine rings is 1. The SMILES string of the molecule is O=S(=O)(NC1CCN(CCOc2ccccc2-c2ccccc2)CC1)c1ccc(F)cc1. The van der Waals surface area contributed by atoms with Gasteiger partial charge in [0.25, 0.3) is 0 Å². The smallest absolute Gasteiger partial charge is 0.240 e. The van der Waals surface area contributed by atoms with E-state index < -0.39 is 15.8 Å². The van der Waals surface area contributed by atoms with Gasteiger partial charge in [-0.2, -0.15) is 0 Å². The lowest BCUT2D eigenvalue weighted by atomic mass is 10.1. The number of benzene rings is 3.